The van der Waals surface area contributed by atoms with Crippen LogP contribution in [0.5, 0.6) is 0 Å². The lowest BCUT2D eigenvalue weighted by Gasteiger charge is -2.27. The molecule has 1 aliphatic rings. The van der Waals surface area contributed by atoms with Crippen LogP contribution in [0.25, 0.3) is 0 Å². The molecule has 0 saturated heterocycles. The van der Waals surface area contributed by atoms with Crippen LogP contribution in [0.15, 0.2) is 0 Å². The van der Waals surface area contributed by atoms with Gasteiger partial charge in [0, 0.05) is 5.33 Å². The Morgan fingerprint density at radius 2 is 2.14 bits per heavy atom. The van der Waals surface area contributed by atoms with Gasteiger partial charge < -0.3 is 0 Å². The van der Waals surface area contributed by atoms with Gasteiger partial charge in [0.1, 0.15) is 6.17 Å². The molecule has 0 heterocycles. The summed E-state index contributed by atoms with van der Waals surface area (Å²) in [6.07, 6.45) is 1.08. The first-order chi connectivity index (χ1) is 3.33. The van der Waals surface area contributed by atoms with E-state index in [0.717, 1.165) is 18.2 Å². The molecule has 0 atom stereocenters. The van der Waals surface area contributed by atoms with Crippen molar-refractivity contribution < 1.29 is 4.39 Å². The van der Waals surface area contributed by atoms with Crippen LogP contribution < -0.4 is 0 Å². The molecule has 1 rings (SSSR count). The van der Waals surface area contributed by atoms with Crippen LogP contribution in [0.2, 0.25) is 0 Å². The summed E-state index contributed by atoms with van der Waals surface area (Å²) in [5.74, 6) is 0.634. The number of hydrogen-bond acceptors (Lipinski definition) is 0. The molecule has 1 fully saturated rings. The predicted molar refractivity (Wildman–Crippen MR) is 31.4 cm³/mol. The highest BCUT2D eigenvalue weighted by Crippen LogP contribution is 2.30. The van der Waals surface area contributed by atoms with Crippen LogP contribution in [-0.4, -0.2) is 11.5 Å². The Balaban J connectivity index is 2.06. The predicted octanol–water partition coefficient (Wildman–Crippen LogP) is 2.13. The summed E-state index contributed by atoms with van der Waals surface area (Å²) >= 11 is 3.29. The lowest BCUT2D eigenvalue weighted by Crippen LogP contribution is -2.25. The summed E-state index contributed by atoms with van der Waals surface area (Å²) in [5.41, 5.74) is 0. The van der Waals surface area contributed by atoms with Crippen LogP contribution in [0.3, 0.4) is 0 Å². The van der Waals surface area contributed by atoms with Gasteiger partial charge in [0.2, 0.25) is 0 Å². The minimum absolute atomic E-state index is 0.484. The smallest absolute Gasteiger partial charge is 0.101 e. The second kappa shape index (κ2) is 2.12. The summed E-state index contributed by atoms with van der Waals surface area (Å²) in [5, 5.41) is 0.980. The Hall–Kier alpha value is 0.410. The molecule has 0 nitrogen and oxygen atoms in total. The number of hydrogen-bond donors (Lipinski definition) is 0. The first-order valence-electron chi connectivity index (χ1n) is 2.53. The molecule has 0 amide bonds. The van der Waals surface area contributed by atoms with Crippen LogP contribution in [0.1, 0.15) is 12.8 Å². The van der Waals surface area contributed by atoms with Gasteiger partial charge in [-0.15, -0.1) is 0 Å². The quantitative estimate of drug-likeness (QED) is 0.524. The molecule has 7 heavy (non-hydrogen) atoms. The summed E-state index contributed by atoms with van der Waals surface area (Å²) in [6, 6.07) is 0. The van der Waals surface area contributed by atoms with Gasteiger partial charge in [-0.05, 0) is 18.8 Å². The van der Waals surface area contributed by atoms with Crippen LogP contribution in [0.4, 0.5) is 4.39 Å². The third kappa shape index (κ3) is 1.15. The van der Waals surface area contributed by atoms with E-state index in [1.165, 1.54) is 0 Å². The Morgan fingerprint density at radius 3 is 2.29 bits per heavy atom. The summed E-state index contributed by atoms with van der Waals surface area (Å²) < 4.78 is 11.9. The molecular weight excluding hydrogens is 159 g/mol. The fourth-order valence-electron chi connectivity index (χ4n) is 0.780. The second-order valence-electron chi connectivity index (χ2n) is 2.09. The van der Waals surface area contributed by atoms with E-state index in [4.69, 9.17) is 0 Å². The van der Waals surface area contributed by atoms with Gasteiger partial charge >= 0.3 is 0 Å². The minimum Gasteiger partial charge on any atom is -0.247 e. The van der Waals surface area contributed by atoms with Crippen molar-refractivity contribution in [2.75, 3.05) is 5.33 Å². The Morgan fingerprint density at radius 1 is 1.57 bits per heavy atom. The van der Waals surface area contributed by atoms with Gasteiger partial charge in [0.15, 0.2) is 0 Å². The highest BCUT2D eigenvalue weighted by Gasteiger charge is 2.27. The maximum Gasteiger partial charge on any atom is 0.101 e. The van der Waals surface area contributed by atoms with E-state index in [1.54, 1.807) is 0 Å². The van der Waals surface area contributed by atoms with Crippen molar-refractivity contribution in [1.29, 1.82) is 0 Å². The zero-order chi connectivity index (χ0) is 5.28. The molecule has 0 aromatic heterocycles. The molecule has 0 aromatic carbocycles. The molecule has 0 aliphatic heterocycles. The average Bonchev–Trinajstić information content (AvgIpc) is 1.58. The van der Waals surface area contributed by atoms with E-state index in [0.29, 0.717) is 5.92 Å². The Bertz CT molecular complexity index is 59.1. The summed E-state index contributed by atoms with van der Waals surface area (Å²) in [6.45, 7) is 0. The molecule has 0 unspecified atom stereocenters. The molecule has 0 bridgehead atoms. The SMILES string of the molecule is FC1CC(CBr)C1. The van der Waals surface area contributed by atoms with E-state index in [2.05, 4.69) is 15.9 Å². The van der Waals surface area contributed by atoms with Crippen LogP contribution in [-0.2, 0) is 0 Å². The van der Waals surface area contributed by atoms with Crippen molar-refractivity contribution >= 4 is 15.9 Å². The normalized spacial score (nSPS) is 40.3. The van der Waals surface area contributed by atoms with E-state index >= 15 is 0 Å². The summed E-state index contributed by atoms with van der Waals surface area (Å²) in [4.78, 5) is 0. The van der Waals surface area contributed by atoms with Crippen molar-refractivity contribution in [1.82, 2.24) is 0 Å². The topological polar surface area (TPSA) is 0 Å². The fourth-order valence-corrected chi connectivity index (χ4v) is 1.31. The third-order valence-electron chi connectivity index (χ3n) is 1.40. The molecule has 0 aromatic rings. The molecule has 1 aliphatic carbocycles. The van der Waals surface area contributed by atoms with Crippen molar-refractivity contribution in [3.63, 3.8) is 0 Å². The van der Waals surface area contributed by atoms with Gasteiger partial charge in [-0.1, -0.05) is 15.9 Å². The highest BCUT2D eigenvalue weighted by molar-refractivity contribution is 9.09. The molecule has 0 N–H and O–H groups in total. The van der Waals surface area contributed by atoms with Crippen LogP contribution in [0, 0.1) is 5.92 Å². The second-order valence-corrected chi connectivity index (χ2v) is 2.74. The highest BCUT2D eigenvalue weighted by atomic mass is 79.9. The largest absolute Gasteiger partial charge is 0.247 e. The molecule has 0 spiro atoms. The van der Waals surface area contributed by atoms with Gasteiger partial charge in [0.05, 0.1) is 0 Å². The molecule has 42 valence electrons. The third-order valence-corrected chi connectivity index (χ3v) is 2.31. The monoisotopic (exact) mass is 166 g/mol. The van der Waals surface area contributed by atoms with Crippen molar-refractivity contribution in [2.24, 2.45) is 5.92 Å². The first kappa shape index (κ1) is 5.54. The maximum absolute atomic E-state index is 11.9. The van der Waals surface area contributed by atoms with E-state index < -0.39 is 6.17 Å². The number of alkyl halides is 2. The van der Waals surface area contributed by atoms with Crippen molar-refractivity contribution in [3.8, 4) is 0 Å². The Labute approximate surface area is 51.2 Å². The fraction of sp³-hybridized carbons (Fsp3) is 1.00. The van der Waals surface area contributed by atoms with E-state index in [-0.39, 0.29) is 0 Å². The summed E-state index contributed by atoms with van der Waals surface area (Å²) in [7, 11) is 0. The van der Waals surface area contributed by atoms with E-state index in [9.17, 15) is 4.39 Å². The maximum atomic E-state index is 11.9. The van der Waals surface area contributed by atoms with Gasteiger partial charge in [0.25, 0.3) is 0 Å². The van der Waals surface area contributed by atoms with Crippen molar-refractivity contribution in [3.05, 3.63) is 0 Å². The molecular formula is C5H8BrF. The number of halogens is 2. The average molecular weight is 167 g/mol. The van der Waals surface area contributed by atoms with E-state index in [1.807, 2.05) is 0 Å². The first-order valence-corrected chi connectivity index (χ1v) is 3.65. The molecule has 1 saturated carbocycles. The zero-order valence-corrected chi connectivity index (χ0v) is 5.62. The lowest BCUT2D eigenvalue weighted by atomic mass is 9.85. The molecule has 0 radical (unpaired) electrons. The standard InChI is InChI=1S/C5H8BrF/c6-3-4-1-5(7)2-4/h4-5H,1-3H2. The number of rotatable bonds is 1. The lowest BCUT2D eigenvalue weighted by molar-refractivity contribution is 0.148. The van der Waals surface area contributed by atoms with Gasteiger partial charge in [-0.3, -0.25) is 0 Å². The van der Waals surface area contributed by atoms with Gasteiger partial charge in [-0.2, -0.15) is 0 Å². The van der Waals surface area contributed by atoms with Crippen LogP contribution >= 0.6 is 15.9 Å². The van der Waals surface area contributed by atoms with Crippen molar-refractivity contribution in [2.45, 2.75) is 19.0 Å². The molecule has 2 heteroatoms. The zero-order valence-electron chi connectivity index (χ0n) is 4.03. The van der Waals surface area contributed by atoms with Gasteiger partial charge in [-0.25, -0.2) is 4.39 Å². The Kier molecular flexibility index (Phi) is 1.68. The minimum atomic E-state index is -0.484.